The highest BCUT2D eigenvalue weighted by Crippen LogP contribution is 2.32. The van der Waals surface area contributed by atoms with Gasteiger partial charge in [-0.1, -0.05) is 48.5 Å². The normalized spacial score (nSPS) is 14.5. The fourth-order valence-corrected chi connectivity index (χ4v) is 7.01. The number of hydrogen-bond donors (Lipinski definition) is 3. The highest BCUT2D eigenvalue weighted by Gasteiger charge is 2.28. The van der Waals surface area contributed by atoms with Crippen molar-refractivity contribution in [2.45, 2.75) is 76.3 Å². The van der Waals surface area contributed by atoms with E-state index >= 15 is 0 Å². The third-order valence-electron chi connectivity index (χ3n) is 7.93. The number of likely N-dealkylation sites (N-methyl/N-ethyl adjacent to an activating group) is 1. The second-order valence-electron chi connectivity index (χ2n) is 12.1. The largest absolute Gasteiger partial charge is 0.481 e. The molecule has 3 N–H and O–H groups in total. The van der Waals surface area contributed by atoms with Gasteiger partial charge < -0.3 is 15.5 Å². The molecule has 3 aromatic carbocycles. The minimum absolute atomic E-state index is 0.0346. The molecule has 0 amide bonds. The first-order chi connectivity index (χ1) is 19.0. The second-order valence-corrected chi connectivity index (χ2v) is 13.4. The Balaban J connectivity index is 1.28. The molecule has 0 saturated heterocycles. The maximum absolute atomic E-state index is 11.0. The molecule has 0 unspecified atom stereocenters. The van der Waals surface area contributed by atoms with Gasteiger partial charge in [0.2, 0.25) is 0 Å². The average molecular weight is 561 g/mol. The standard InChI is InChI=1S/C34H44N2O3S/c1-23-15-29(16-24(2)32(23)13-14-33(38)39)28-11-8-12-31(19-28)40-36(5)22-30(37)21-35-34(3,4)20-25-17-26-9-6-7-10-27(26)18-25/h6-12,15-16,19,25,30,35,37H,13-14,17-18,20-22H2,1-5H3,(H,38,39)/t30-/m1/s1. The molecule has 6 heteroatoms. The lowest BCUT2D eigenvalue weighted by molar-refractivity contribution is -0.136. The van der Waals surface area contributed by atoms with Gasteiger partial charge in [-0.2, -0.15) is 0 Å². The topological polar surface area (TPSA) is 72.8 Å². The highest BCUT2D eigenvalue weighted by molar-refractivity contribution is 7.97. The van der Waals surface area contributed by atoms with Crippen LogP contribution in [-0.2, 0) is 24.1 Å². The van der Waals surface area contributed by atoms with Crippen molar-refractivity contribution in [1.29, 1.82) is 0 Å². The van der Waals surface area contributed by atoms with Crippen molar-refractivity contribution < 1.29 is 15.0 Å². The number of β-amino-alcohol motifs (C(OH)–C–C–N with tert-alkyl or cyclic N) is 1. The van der Waals surface area contributed by atoms with Gasteiger partial charge in [0, 0.05) is 29.9 Å². The molecule has 1 aliphatic carbocycles. The van der Waals surface area contributed by atoms with Crippen LogP contribution < -0.4 is 5.32 Å². The SMILES string of the molecule is Cc1cc(-c2cccc(SN(C)C[C@H](O)CNC(C)(C)CC3Cc4ccccc4C3)c2)cc(C)c1CCC(=O)O. The van der Waals surface area contributed by atoms with Gasteiger partial charge in [0.1, 0.15) is 0 Å². The highest BCUT2D eigenvalue weighted by atomic mass is 32.2. The summed E-state index contributed by atoms with van der Waals surface area (Å²) in [5, 5.41) is 23.5. The van der Waals surface area contributed by atoms with Crippen molar-refractivity contribution in [3.8, 4) is 11.1 Å². The van der Waals surface area contributed by atoms with Gasteiger partial charge in [0.05, 0.1) is 6.10 Å². The first kappa shape index (κ1) is 30.3. The van der Waals surface area contributed by atoms with Gasteiger partial charge in [0.25, 0.3) is 0 Å². The van der Waals surface area contributed by atoms with Crippen molar-refractivity contribution in [2.75, 3.05) is 20.1 Å². The van der Waals surface area contributed by atoms with Crippen LogP contribution in [0.3, 0.4) is 0 Å². The van der Waals surface area contributed by atoms with Gasteiger partial charge in [-0.05, 0) is 129 Å². The molecule has 0 aliphatic heterocycles. The van der Waals surface area contributed by atoms with E-state index in [4.69, 9.17) is 5.11 Å². The number of aryl methyl sites for hydroxylation is 2. The van der Waals surface area contributed by atoms with Crippen molar-refractivity contribution >= 4 is 17.9 Å². The lowest BCUT2D eigenvalue weighted by Gasteiger charge is -2.31. The van der Waals surface area contributed by atoms with E-state index in [9.17, 15) is 9.90 Å². The van der Waals surface area contributed by atoms with E-state index in [1.807, 2.05) is 7.05 Å². The zero-order valence-electron chi connectivity index (χ0n) is 24.5. The van der Waals surface area contributed by atoms with Crippen molar-refractivity contribution in [2.24, 2.45) is 5.92 Å². The smallest absolute Gasteiger partial charge is 0.303 e. The maximum Gasteiger partial charge on any atom is 0.303 e. The molecule has 0 heterocycles. The number of carbonyl (C=O) groups is 1. The van der Waals surface area contributed by atoms with Crippen molar-refractivity contribution in [1.82, 2.24) is 9.62 Å². The number of rotatable bonds is 13. The quantitative estimate of drug-likeness (QED) is 0.208. The Bertz CT molecular complexity index is 1270. The number of benzene rings is 3. The fourth-order valence-electron chi connectivity index (χ4n) is 6.08. The van der Waals surface area contributed by atoms with Crippen LogP contribution in [0.2, 0.25) is 0 Å². The molecule has 0 spiro atoms. The average Bonchev–Trinajstić information content (AvgIpc) is 3.28. The van der Waals surface area contributed by atoms with E-state index in [0.29, 0.717) is 25.4 Å². The van der Waals surface area contributed by atoms with Crippen LogP contribution in [0.4, 0.5) is 0 Å². The summed E-state index contributed by atoms with van der Waals surface area (Å²) < 4.78 is 2.09. The molecule has 5 nitrogen and oxygen atoms in total. The monoisotopic (exact) mass is 560 g/mol. The minimum atomic E-state index is -0.767. The van der Waals surface area contributed by atoms with Crippen LogP contribution >= 0.6 is 11.9 Å². The van der Waals surface area contributed by atoms with Gasteiger partial charge >= 0.3 is 5.97 Å². The van der Waals surface area contributed by atoms with Crippen molar-refractivity contribution in [3.05, 3.63) is 88.5 Å². The van der Waals surface area contributed by atoms with E-state index in [-0.39, 0.29) is 12.0 Å². The number of nitrogens with one attached hydrogen (secondary N) is 1. The molecule has 1 atom stereocenters. The Morgan fingerprint density at radius 3 is 2.30 bits per heavy atom. The Morgan fingerprint density at radius 2 is 1.68 bits per heavy atom. The van der Waals surface area contributed by atoms with Crippen LogP contribution in [0.15, 0.2) is 65.6 Å². The Kier molecular flexibility index (Phi) is 10.1. The summed E-state index contributed by atoms with van der Waals surface area (Å²) in [7, 11) is 2.02. The van der Waals surface area contributed by atoms with E-state index in [2.05, 4.69) is 98.0 Å². The number of fused-ring (bicyclic) bond motifs is 1. The molecule has 0 fully saturated rings. The lowest BCUT2D eigenvalue weighted by atomic mass is 9.88. The zero-order chi connectivity index (χ0) is 28.9. The first-order valence-electron chi connectivity index (χ1n) is 14.3. The van der Waals surface area contributed by atoms with Crippen LogP contribution in [0, 0.1) is 19.8 Å². The number of carboxylic acids is 1. The summed E-state index contributed by atoms with van der Waals surface area (Å²) in [6, 6.07) is 21.5. The van der Waals surface area contributed by atoms with E-state index in [1.165, 1.54) is 11.1 Å². The third-order valence-corrected chi connectivity index (χ3v) is 8.86. The molecule has 3 aromatic rings. The Morgan fingerprint density at radius 1 is 1.02 bits per heavy atom. The van der Waals surface area contributed by atoms with Crippen LogP contribution in [0.25, 0.3) is 11.1 Å². The van der Waals surface area contributed by atoms with Crippen molar-refractivity contribution in [3.63, 3.8) is 0 Å². The zero-order valence-corrected chi connectivity index (χ0v) is 25.4. The molecule has 0 bridgehead atoms. The summed E-state index contributed by atoms with van der Waals surface area (Å²) in [6.07, 6.45) is 3.62. The van der Waals surface area contributed by atoms with Gasteiger partial charge in [-0.3, -0.25) is 4.79 Å². The Hall–Kier alpha value is -2.64. The summed E-state index contributed by atoms with van der Waals surface area (Å²) in [4.78, 5) is 12.1. The number of aliphatic hydroxyl groups excluding tert-OH is 1. The molecule has 0 aromatic heterocycles. The fraction of sp³-hybridized carbons (Fsp3) is 0.441. The molecule has 0 saturated carbocycles. The summed E-state index contributed by atoms with van der Waals surface area (Å²) in [5.41, 5.74) is 8.59. The predicted octanol–water partition coefficient (Wildman–Crippen LogP) is 6.46. The number of nitrogens with zero attached hydrogens (tertiary/aromatic N) is 1. The van der Waals surface area contributed by atoms with Crippen LogP contribution in [0.5, 0.6) is 0 Å². The number of aliphatic hydroxyl groups is 1. The molecule has 4 rings (SSSR count). The third kappa shape index (κ3) is 8.43. The summed E-state index contributed by atoms with van der Waals surface area (Å²) in [6.45, 7) is 9.73. The van der Waals surface area contributed by atoms with Crippen LogP contribution in [-0.4, -0.2) is 52.3 Å². The van der Waals surface area contributed by atoms with Gasteiger partial charge in [-0.15, -0.1) is 0 Å². The molecule has 1 aliphatic rings. The number of aliphatic carboxylic acids is 1. The van der Waals surface area contributed by atoms with E-state index in [1.54, 1.807) is 11.9 Å². The molecule has 40 heavy (non-hydrogen) atoms. The molecular weight excluding hydrogens is 516 g/mol. The van der Waals surface area contributed by atoms with Gasteiger partial charge in [0.15, 0.2) is 0 Å². The van der Waals surface area contributed by atoms with Gasteiger partial charge in [-0.25, -0.2) is 4.31 Å². The molecule has 0 radical (unpaired) electrons. The maximum atomic E-state index is 11.0. The minimum Gasteiger partial charge on any atom is -0.481 e. The second kappa shape index (κ2) is 13.3. The summed E-state index contributed by atoms with van der Waals surface area (Å²) >= 11 is 1.64. The molecular formula is C34H44N2O3S. The van der Waals surface area contributed by atoms with Crippen LogP contribution in [0.1, 0.15) is 54.5 Å². The van der Waals surface area contributed by atoms with E-state index < -0.39 is 12.1 Å². The number of hydrogen-bond acceptors (Lipinski definition) is 5. The molecule has 214 valence electrons. The summed E-state index contributed by atoms with van der Waals surface area (Å²) in [5.74, 6) is -0.118. The first-order valence-corrected chi connectivity index (χ1v) is 15.1. The number of carboxylic acid groups (broad SMARTS) is 1. The predicted molar refractivity (Wildman–Crippen MR) is 166 cm³/mol. The lowest BCUT2D eigenvalue weighted by Crippen LogP contribution is -2.46. The Labute approximate surface area is 244 Å². The van der Waals surface area contributed by atoms with E-state index in [0.717, 1.165) is 52.0 Å².